The molecule has 0 aromatic carbocycles. The van der Waals surface area contributed by atoms with E-state index in [0.29, 0.717) is 17.4 Å². The maximum absolute atomic E-state index is 12.8. The van der Waals surface area contributed by atoms with Gasteiger partial charge in [-0.3, -0.25) is 18.6 Å². The maximum atomic E-state index is 12.8. The van der Waals surface area contributed by atoms with Crippen LogP contribution in [0.15, 0.2) is 36.5 Å². The van der Waals surface area contributed by atoms with Crippen LogP contribution in [-0.2, 0) is 32.7 Å². The van der Waals surface area contributed by atoms with E-state index in [4.69, 9.17) is 18.5 Å². The fourth-order valence-electron chi connectivity index (χ4n) is 8.16. The number of likely N-dealkylation sites (N-methyl/N-ethyl adjacent to an activating group) is 1. The van der Waals surface area contributed by atoms with Gasteiger partial charge in [-0.15, -0.1) is 0 Å². The second-order valence-corrected chi connectivity index (χ2v) is 22.1. The molecule has 0 heterocycles. The summed E-state index contributed by atoms with van der Waals surface area (Å²) in [5.41, 5.74) is 0. The van der Waals surface area contributed by atoms with Gasteiger partial charge < -0.3 is 18.9 Å². The number of carbonyl (C=O) groups excluding carboxylic acids is 2. The third-order valence-corrected chi connectivity index (χ3v) is 13.6. The van der Waals surface area contributed by atoms with Crippen molar-refractivity contribution in [3.05, 3.63) is 36.5 Å². The lowest BCUT2D eigenvalue weighted by Crippen LogP contribution is -2.37. The Balaban J connectivity index is 4.13. The number of hydrogen-bond acceptors (Lipinski definition) is 7. The molecule has 0 amide bonds. The van der Waals surface area contributed by atoms with Gasteiger partial charge in [-0.2, -0.15) is 0 Å². The number of allylic oxidation sites excluding steroid dienone is 6. The molecule has 0 radical (unpaired) electrons. The van der Waals surface area contributed by atoms with Crippen LogP contribution in [0, 0.1) is 0 Å². The quantitative estimate of drug-likeness (QED) is 0.0211. The Morgan fingerprint density at radius 2 is 0.794 bits per heavy atom. The number of esters is 2. The molecule has 0 aromatic rings. The van der Waals surface area contributed by atoms with E-state index in [9.17, 15) is 19.0 Å². The first-order valence-electron chi connectivity index (χ1n) is 28.7. The normalized spacial score (nSPS) is 13.6. The van der Waals surface area contributed by atoms with E-state index < -0.39 is 26.5 Å². The summed E-state index contributed by atoms with van der Waals surface area (Å²) in [4.78, 5) is 35.6. The average Bonchev–Trinajstić information content (AvgIpc) is 3.30. The molecule has 0 fully saturated rings. The number of phosphoric ester groups is 1. The van der Waals surface area contributed by atoms with Crippen LogP contribution in [-0.4, -0.2) is 74.9 Å². The van der Waals surface area contributed by atoms with Crippen molar-refractivity contribution in [1.29, 1.82) is 0 Å². The van der Waals surface area contributed by atoms with Gasteiger partial charge in [-0.05, 0) is 70.6 Å². The van der Waals surface area contributed by atoms with Crippen molar-refractivity contribution in [1.82, 2.24) is 0 Å². The van der Waals surface area contributed by atoms with Gasteiger partial charge in [0, 0.05) is 12.8 Å². The van der Waals surface area contributed by atoms with Crippen LogP contribution in [0.1, 0.15) is 271 Å². The van der Waals surface area contributed by atoms with Gasteiger partial charge in [0.15, 0.2) is 6.10 Å². The van der Waals surface area contributed by atoms with E-state index in [-0.39, 0.29) is 32.0 Å². The standard InChI is InChI=1S/C58H110NO8P/c1-6-8-10-12-14-16-18-20-22-24-25-26-27-28-29-30-31-32-33-35-37-39-41-43-45-47-49-51-58(61)67-56(55-66-68(62,63)65-53-52-59(3,4)5)54-64-57(60)50-48-46-44-42-40-38-36-34-23-21-19-17-15-13-11-9-7-2/h18,20-21,23-25,56H,6-17,19,22,26-55H2,1-5H3/p+1/b20-18-,23-21-,25-24-. The summed E-state index contributed by atoms with van der Waals surface area (Å²) in [6, 6.07) is 0. The van der Waals surface area contributed by atoms with Gasteiger partial charge in [0.05, 0.1) is 27.7 Å². The Morgan fingerprint density at radius 3 is 1.18 bits per heavy atom. The summed E-state index contributed by atoms with van der Waals surface area (Å²) >= 11 is 0. The molecule has 2 atom stereocenters. The van der Waals surface area contributed by atoms with Crippen LogP contribution in [0.25, 0.3) is 0 Å². The number of hydrogen-bond donors (Lipinski definition) is 1. The monoisotopic (exact) mass is 981 g/mol. The smallest absolute Gasteiger partial charge is 0.462 e. The molecule has 400 valence electrons. The van der Waals surface area contributed by atoms with E-state index in [1.807, 2.05) is 21.1 Å². The molecule has 0 aliphatic heterocycles. The van der Waals surface area contributed by atoms with E-state index in [2.05, 4.69) is 50.3 Å². The van der Waals surface area contributed by atoms with Gasteiger partial charge in [0.25, 0.3) is 0 Å². The zero-order valence-corrected chi connectivity index (χ0v) is 46.2. The lowest BCUT2D eigenvalue weighted by Gasteiger charge is -2.24. The lowest BCUT2D eigenvalue weighted by atomic mass is 10.0. The Morgan fingerprint density at radius 1 is 0.456 bits per heavy atom. The molecule has 0 saturated heterocycles. The maximum Gasteiger partial charge on any atom is 0.472 e. The largest absolute Gasteiger partial charge is 0.472 e. The van der Waals surface area contributed by atoms with E-state index >= 15 is 0 Å². The van der Waals surface area contributed by atoms with Crippen LogP contribution in [0.4, 0.5) is 0 Å². The van der Waals surface area contributed by atoms with Gasteiger partial charge in [-0.1, -0.05) is 224 Å². The summed E-state index contributed by atoms with van der Waals surface area (Å²) in [7, 11) is 1.48. The van der Waals surface area contributed by atoms with Crippen molar-refractivity contribution in [2.24, 2.45) is 0 Å². The molecule has 1 N–H and O–H groups in total. The summed E-state index contributed by atoms with van der Waals surface area (Å²) < 4.78 is 34.5. The van der Waals surface area contributed by atoms with Crippen molar-refractivity contribution in [3.8, 4) is 0 Å². The highest BCUT2D eigenvalue weighted by atomic mass is 31.2. The van der Waals surface area contributed by atoms with Gasteiger partial charge in [0.1, 0.15) is 19.8 Å². The Labute approximate surface area is 421 Å². The lowest BCUT2D eigenvalue weighted by molar-refractivity contribution is -0.870. The summed E-state index contributed by atoms with van der Waals surface area (Å²) in [6.45, 7) is 4.45. The Hall–Kier alpha value is -1.77. The van der Waals surface area contributed by atoms with Gasteiger partial charge in [0.2, 0.25) is 0 Å². The molecule has 10 heteroatoms. The fourth-order valence-corrected chi connectivity index (χ4v) is 8.90. The molecule has 0 saturated carbocycles. The molecule has 0 bridgehead atoms. The molecule has 0 aliphatic rings. The molecule has 0 spiro atoms. The molecular formula is C58H111NO8P+. The minimum Gasteiger partial charge on any atom is -0.462 e. The third-order valence-electron chi connectivity index (χ3n) is 12.6. The minimum atomic E-state index is -4.38. The van der Waals surface area contributed by atoms with Crippen molar-refractivity contribution >= 4 is 19.8 Å². The number of quaternary nitrogens is 1. The van der Waals surface area contributed by atoms with Gasteiger partial charge >= 0.3 is 19.8 Å². The summed E-state index contributed by atoms with van der Waals surface area (Å²) in [5, 5.41) is 0. The number of ether oxygens (including phenoxy) is 2. The Kier molecular flexibility index (Phi) is 48.9. The SMILES string of the molecule is CCCCCCC/C=C\C/C=C\CCCCCCCCCCCCCCCCCC(=O)OC(COC(=O)CCCCCCCCC/C=C\CCCCCCCC)COP(=O)(O)OCC[N+](C)(C)C. The molecule has 2 unspecified atom stereocenters. The zero-order valence-electron chi connectivity index (χ0n) is 45.4. The minimum absolute atomic E-state index is 0.0322. The van der Waals surface area contributed by atoms with Crippen molar-refractivity contribution < 1.29 is 42.1 Å². The van der Waals surface area contributed by atoms with E-state index in [1.54, 1.807) is 0 Å². The Bertz CT molecular complexity index is 1250. The summed E-state index contributed by atoms with van der Waals surface area (Å²) in [5.74, 6) is -0.792. The number of unbranched alkanes of at least 4 members (excludes halogenated alkanes) is 33. The van der Waals surface area contributed by atoms with Crippen molar-refractivity contribution in [3.63, 3.8) is 0 Å². The zero-order chi connectivity index (χ0) is 49.9. The first kappa shape index (κ1) is 66.2. The first-order valence-corrected chi connectivity index (χ1v) is 30.2. The third kappa shape index (κ3) is 53.6. The molecule has 0 aromatic heterocycles. The van der Waals surface area contributed by atoms with Crippen LogP contribution in [0.2, 0.25) is 0 Å². The average molecular weight is 981 g/mol. The number of rotatable bonds is 53. The second kappa shape index (κ2) is 50.2. The molecular weight excluding hydrogens is 870 g/mol. The molecule has 9 nitrogen and oxygen atoms in total. The molecule has 0 aliphatic carbocycles. The predicted octanol–water partition coefficient (Wildman–Crippen LogP) is 17.6. The fraction of sp³-hybridized carbons (Fsp3) is 0.862. The summed E-state index contributed by atoms with van der Waals surface area (Å²) in [6.07, 6.45) is 60.6. The van der Waals surface area contributed by atoms with Crippen LogP contribution >= 0.6 is 7.82 Å². The van der Waals surface area contributed by atoms with Gasteiger partial charge in [-0.25, -0.2) is 4.57 Å². The van der Waals surface area contributed by atoms with E-state index in [0.717, 1.165) is 38.5 Å². The molecule has 68 heavy (non-hydrogen) atoms. The van der Waals surface area contributed by atoms with E-state index in [1.165, 1.54) is 199 Å². The number of nitrogens with zero attached hydrogens (tertiary/aromatic N) is 1. The number of phosphoric acid groups is 1. The van der Waals surface area contributed by atoms with Crippen molar-refractivity contribution in [2.45, 2.75) is 277 Å². The highest BCUT2D eigenvalue weighted by molar-refractivity contribution is 7.47. The first-order chi connectivity index (χ1) is 33.0. The van der Waals surface area contributed by atoms with Crippen LogP contribution in [0.3, 0.4) is 0 Å². The highest BCUT2D eigenvalue weighted by Gasteiger charge is 2.27. The van der Waals surface area contributed by atoms with Crippen LogP contribution < -0.4 is 0 Å². The van der Waals surface area contributed by atoms with Crippen molar-refractivity contribution in [2.75, 3.05) is 47.5 Å². The van der Waals surface area contributed by atoms with Crippen LogP contribution in [0.5, 0.6) is 0 Å². The molecule has 0 rings (SSSR count). The predicted molar refractivity (Wildman–Crippen MR) is 289 cm³/mol. The second-order valence-electron chi connectivity index (χ2n) is 20.7. The number of carbonyl (C=O) groups is 2. The topological polar surface area (TPSA) is 108 Å². The highest BCUT2D eigenvalue weighted by Crippen LogP contribution is 2.43.